The van der Waals surface area contributed by atoms with Gasteiger partial charge in [-0.2, -0.15) is 11.8 Å². The Bertz CT molecular complexity index is 281. The van der Waals surface area contributed by atoms with Crippen molar-refractivity contribution in [3.05, 3.63) is 29.8 Å². The predicted molar refractivity (Wildman–Crippen MR) is 73.4 cm³/mol. The molecule has 0 amide bonds. The third kappa shape index (κ3) is 4.93. The van der Waals surface area contributed by atoms with Gasteiger partial charge >= 0.3 is 0 Å². The number of hydrogen-bond acceptors (Lipinski definition) is 2. The minimum atomic E-state index is 0.353. The van der Waals surface area contributed by atoms with Gasteiger partial charge in [-0.05, 0) is 41.5 Å². The summed E-state index contributed by atoms with van der Waals surface area (Å²) in [7, 11) is 0. The number of unbranched alkanes of at least 4 members (excludes halogenated alkanes) is 2. The Labute approximate surface area is 103 Å². The molecule has 16 heavy (non-hydrogen) atoms. The zero-order chi connectivity index (χ0) is 11.8. The van der Waals surface area contributed by atoms with Gasteiger partial charge in [0.25, 0.3) is 0 Å². The molecule has 0 spiro atoms. The van der Waals surface area contributed by atoms with Crippen molar-refractivity contribution in [1.29, 1.82) is 0 Å². The van der Waals surface area contributed by atoms with Gasteiger partial charge in [0.2, 0.25) is 0 Å². The second kappa shape index (κ2) is 7.61. The quantitative estimate of drug-likeness (QED) is 0.710. The zero-order valence-electron chi connectivity index (χ0n) is 10.3. The van der Waals surface area contributed by atoms with Crippen molar-refractivity contribution >= 4 is 11.8 Å². The smallest absolute Gasteiger partial charge is 0.115 e. The van der Waals surface area contributed by atoms with Crippen LogP contribution in [0.1, 0.15) is 44.6 Å². The molecule has 1 atom stereocenters. The molecule has 0 heterocycles. The van der Waals surface area contributed by atoms with E-state index in [9.17, 15) is 5.11 Å². The van der Waals surface area contributed by atoms with Gasteiger partial charge in [-0.1, -0.05) is 38.8 Å². The summed E-state index contributed by atoms with van der Waals surface area (Å²) in [4.78, 5) is 0. The molecule has 0 fully saturated rings. The number of thioether (sulfide) groups is 1. The minimum absolute atomic E-state index is 0.353. The zero-order valence-corrected chi connectivity index (χ0v) is 11.1. The summed E-state index contributed by atoms with van der Waals surface area (Å²) >= 11 is 2.04. The lowest BCUT2D eigenvalue weighted by Crippen LogP contribution is -1.97. The van der Waals surface area contributed by atoms with E-state index in [0.29, 0.717) is 11.7 Å². The molecule has 0 aliphatic carbocycles. The summed E-state index contributed by atoms with van der Waals surface area (Å²) in [6, 6.07) is 7.58. The van der Waals surface area contributed by atoms with Crippen LogP contribution in [0.25, 0.3) is 0 Å². The molecule has 1 N–H and O–H groups in total. The first-order valence-corrected chi connectivity index (χ1v) is 7.26. The standard InChI is InChI=1S/C14H22OS/c1-3-4-5-10-16-11-12(2)13-6-8-14(15)9-7-13/h6-9,12,15H,3-5,10-11H2,1-2H3. The second-order valence-electron chi connectivity index (χ2n) is 4.27. The van der Waals surface area contributed by atoms with E-state index >= 15 is 0 Å². The lowest BCUT2D eigenvalue weighted by Gasteiger charge is -2.11. The third-order valence-electron chi connectivity index (χ3n) is 2.72. The molecule has 1 aromatic carbocycles. The highest BCUT2D eigenvalue weighted by molar-refractivity contribution is 7.99. The van der Waals surface area contributed by atoms with Crippen molar-refractivity contribution in [2.75, 3.05) is 11.5 Å². The van der Waals surface area contributed by atoms with E-state index in [1.54, 1.807) is 12.1 Å². The number of hydrogen-bond donors (Lipinski definition) is 1. The molecule has 0 bridgehead atoms. The summed E-state index contributed by atoms with van der Waals surface area (Å²) < 4.78 is 0. The first-order chi connectivity index (χ1) is 7.74. The molecule has 0 aliphatic heterocycles. The molecule has 0 aliphatic rings. The van der Waals surface area contributed by atoms with Gasteiger partial charge in [-0.15, -0.1) is 0 Å². The van der Waals surface area contributed by atoms with Crippen LogP contribution in [0.5, 0.6) is 5.75 Å². The SMILES string of the molecule is CCCCCSCC(C)c1ccc(O)cc1. The summed E-state index contributed by atoms with van der Waals surface area (Å²) in [5.74, 6) is 3.38. The van der Waals surface area contributed by atoms with Crippen molar-refractivity contribution < 1.29 is 5.11 Å². The highest BCUT2D eigenvalue weighted by Gasteiger charge is 2.05. The highest BCUT2D eigenvalue weighted by atomic mass is 32.2. The Morgan fingerprint density at radius 1 is 1.19 bits per heavy atom. The van der Waals surface area contributed by atoms with Crippen molar-refractivity contribution in [2.24, 2.45) is 0 Å². The van der Waals surface area contributed by atoms with Crippen LogP contribution in [0.4, 0.5) is 0 Å². The van der Waals surface area contributed by atoms with Crippen molar-refractivity contribution in [3.8, 4) is 5.75 Å². The summed E-state index contributed by atoms with van der Waals surface area (Å²) in [5.41, 5.74) is 1.32. The van der Waals surface area contributed by atoms with Crippen molar-refractivity contribution in [1.82, 2.24) is 0 Å². The Morgan fingerprint density at radius 2 is 1.88 bits per heavy atom. The van der Waals surface area contributed by atoms with Gasteiger partial charge in [0.05, 0.1) is 0 Å². The molecule has 1 aromatic rings. The number of rotatable bonds is 7. The van der Waals surface area contributed by atoms with Crippen LogP contribution in [0, 0.1) is 0 Å². The van der Waals surface area contributed by atoms with Crippen LogP contribution in [-0.4, -0.2) is 16.6 Å². The summed E-state index contributed by atoms with van der Waals surface area (Å²) in [5, 5.41) is 9.21. The fraction of sp³-hybridized carbons (Fsp3) is 0.571. The molecule has 1 nitrogen and oxygen atoms in total. The van der Waals surface area contributed by atoms with E-state index < -0.39 is 0 Å². The van der Waals surface area contributed by atoms with E-state index in [2.05, 4.69) is 13.8 Å². The molecule has 1 unspecified atom stereocenters. The first kappa shape index (κ1) is 13.4. The van der Waals surface area contributed by atoms with E-state index in [4.69, 9.17) is 0 Å². The molecule has 0 aromatic heterocycles. The van der Waals surface area contributed by atoms with Crippen LogP contribution in [0.3, 0.4) is 0 Å². The van der Waals surface area contributed by atoms with E-state index in [1.807, 2.05) is 23.9 Å². The lowest BCUT2D eigenvalue weighted by atomic mass is 10.0. The van der Waals surface area contributed by atoms with Gasteiger partial charge in [-0.3, -0.25) is 0 Å². The Hall–Kier alpha value is -0.630. The van der Waals surface area contributed by atoms with Gasteiger partial charge in [-0.25, -0.2) is 0 Å². The fourth-order valence-electron chi connectivity index (χ4n) is 1.61. The van der Waals surface area contributed by atoms with Gasteiger partial charge in [0.15, 0.2) is 0 Å². The molecular weight excluding hydrogens is 216 g/mol. The Kier molecular flexibility index (Phi) is 6.39. The highest BCUT2D eigenvalue weighted by Crippen LogP contribution is 2.22. The van der Waals surface area contributed by atoms with Gasteiger partial charge in [0, 0.05) is 0 Å². The summed E-state index contributed by atoms with van der Waals surface area (Å²) in [6.45, 7) is 4.49. The minimum Gasteiger partial charge on any atom is -0.508 e. The van der Waals surface area contributed by atoms with Gasteiger partial charge in [0.1, 0.15) is 5.75 Å². The van der Waals surface area contributed by atoms with E-state index in [0.717, 1.165) is 0 Å². The maximum Gasteiger partial charge on any atom is 0.115 e. The van der Waals surface area contributed by atoms with Crippen LogP contribution < -0.4 is 0 Å². The number of phenolic OH excluding ortho intramolecular Hbond substituents is 1. The molecule has 0 radical (unpaired) electrons. The topological polar surface area (TPSA) is 20.2 Å². The molecule has 1 rings (SSSR count). The predicted octanol–water partition coefficient (Wildman–Crippen LogP) is 4.42. The van der Waals surface area contributed by atoms with E-state index in [-0.39, 0.29) is 0 Å². The van der Waals surface area contributed by atoms with Crippen LogP contribution >= 0.6 is 11.8 Å². The number of benzene rings is 1. The van der Waals surface area contributed by atoms with Crippen LogP contribution in [0.2, 0.25) is 0 Å². The normalized spacial score (nSPS) is 12.6. The average Bonchev–Trinajstić information content (AvgIpc) is 2.29. The van der Waals surface area contributed by atoms with Crippen LogP contribution in [-0.2, 0) is 0 Å². The molecule has 90 valence electrons. The second-order valence-corrected chi connectivity index (χ2v) is 5.42. The largest absolute Gasteiger partial charge is 0.508 e. The monoisotopic (exact) mass is 238 g/mol. The Morgan fingerprint density at radius 3 is 2.50 bits per heavy atom. The van der Waals surface area contributed by atoms with Crippen molar-refractivity contribution in [3.63, 3.8) is 0 Å². The number of phenols is 1. The fourth-order valence-corrected chi connectivity index (χ4v) is 2.73. The average molecular weight is 238 g/mol. The molecule has 0 saturated carbocycles. The molecular formula is C14H22OS. The Balaban J connectivity index is 2.24. The maximum absolute atomic E-state index is 9.21. The van der Waals surface area contributed by atoms with Gasteiger partial charge < -0.3 is 5.11 Å². The first-order valence-electron chi connectivity index (χ1n) is 6.10. The summed E-state index contributed by atoms with van der Waals surface area (Å²) in [6.07, 6.45) is 3.98. The van der Waals surface area contributed by atoms with E-state index in [1.165, 1.54) is 36.3 Å². The molecule has 2 heteroatoms. The lowest BCUT2D eigenvalue weighted by molar-refractivity contribution is 0.475. The third-order valence-corrected chi connectivity index (χ3v) is 4.04. The van der Waals surface area contributed by atoms with Crippen LogP contribution in [0.15, 0.2) is 24.3 Å². The number of aromatic hydroxyl groups is 1. The molecule has 0 saturated heterocycles. The maximum atomic E-state index is 9.21. The van der Waals surface area contributed by atoms with Crippen molar-refractivity contribution in [2.45, 2.75) is 39.0 Å².